The molecule has 0 saturated heterocycles. The number of rotatable bonds is 5. The molecule has 15 heavy (non-hydrogen) atoms. The van der Waals surface area contributed by atoms with E-state index in [1.165, 1.54) is 5.56 Å². The number of hydrogen-bond donors (Lipinski definition) is 2. The topological polar surface area (TPSA) is 32.3 Å². The molecule has 0 heterocycles. The van der Waals surface area contributed by atoms with Crippen LogP contribution in [0.2, 0.25) is 0 Å². The van der Waals surface area contributed by atoms with Crippen LogP contribution in [0.1, 0.15) is 22.8 Å². The second-order valence-corrected chi connectivity index (χ2v) is 3.82. The normalized spacial score (nSPS) is 12.5. The first kappa shape index (κ1) is 12.0. The second-order valence-electron chi connectivity index (χ2n) is 3.82. The van der Waals surface area contributed by atoms with E-state index in [0.29, 0.717) is 6.54 Å². The van der Waals surface area contributed by atoms with Crippen LogP contribution in [0, 0.1) is 13.8 Å². The Labute approximate surface area is 91.6 Å². The van der Waals surface area contributed by atoms with E-state index in [0.717, 1.165) is 17.7 Å². The number of nitrogens with one attached hydrogen (secondary N) is 1. The van der Waals surface area contributed by atoms with Gasteiger partial charge in [0.05, 0.1) is 6.10 Å². The van der Waals surface area contributed by atoms with E-state index in [-0.39, 0.29) is 0 Å². The first-order chi connectivity index (χ1) is 7.15. The molecule has 1 rings (SSSR count). The van der Waals surface area contributed by atoms with E-state index in [1.54, 1.807) is 6.08 Å². The van der Waals surface area contributed by atoms with Gasteiger partial charge in [-0.15, -0.1) is 6.58 Å². The molecule has 1 aromatic carbocycles. The predicted molar refractivity (Wildman–Crippen MR) is 63.9 cm³/mol. The zero-order chi connectivity index (χ0) is 11.3. The molecule has 0 radical (unpaired) electrons. The van der Waals surface area contributed by atoms with Gasteiger partial charge in [0.2, 0.25) is 0 Å². The van der Waals surface area contributed by atoms with Crippen molar-refractivity contribution in [2.75, 3.05) is 13.1 Å². The maximum absolute atomic E-state index is 9.96. The lowest BCUT2D eigenvalue weighted by atomic mass is 10.0. The molecule has 0 aromatic heterocycles. The third-order valence-corrected chi connectivity index (χ3v) is 2.42. The third kappa shape index (κ3) is 3.50. The highest BCUT2D eigenvalue weighted by Crippen LogP contribution is 2.18. The fourth-order valence-corrected chi connectivity index (χ4v) is 1.55. The van der Waals surface area contributed by atoms with Crippen LogP contribution in [-0.4, -0.2) is 18.2 Å². The Balaban J connectivity index is 2.67. The van der Waals surface area contributed by atoms with Crippen molar-refractivity contribution >= 4 is 0 Å². The molecule has 0 amide bonds. The Morgan fingerprint density at radius 1 is 1.47 bits per heavy atom. The number of hydrogen-bond acceptors (Lipinski definition) is 2. The molecule has 0 aliphatic rings. The molecular weight excluding hydrogens is 186 g/mol. The molecule has 0 saturated carbocycles. The number of aryl methyl sites for hydroxylation is 2. The lowest BCUT2D eigenvalue weighted by molar-refractivity contribution is 0.175. The van der Waals surface area contributed by atoms with Gasteiger partial charge in [-0.25, -0.2) is 0 Å². The molecule has 82 valence electrons. The van der Waals surface area contributed by atoms with E-state index in [1.807, 2.05) is 26.0 Å². The molecule has 0 aliphatic carbocycles. The molecule has 0 aliphatic heterocycles. The van der Waals surface area contributed by atoms with Crippen LogP contribution in [0.25, 0.3) is 0 Å². The summed E-state index contributed by atoms with van der Waals surface area (Å²) in [6, 6.07) is 6.14. The van der Waals surface area contributed by atoms with Gasteiger partial charge in [0, 0.05) is 13.1 Å². The summed E-state index contributed by atoms with van der Waals surface area (Å²) in [5, 5.41) is 13.1. The maximum atomic E-state index is 9.96. The summed E-state index contributed by atoms with van der Waals surface area (Å²) >= 11 is 0. The smallest absolute Gasteiger partial charge is 0.0917 e. The lowest BCUT2D eigenvalue weighted by Crippen LogP contribution is -2.21. The predicted octanol–water partition coefficient (Wildman–Crippen LogP) is 2.11. The van der Waals surface area contributed by atoms with Crippen LogP contribution in [-0.2, 0) is 0 Å². The third-order valence-electron chi connectivity index (χ3n) is 2.42. The summed E-state index contributed by atoms with van der Waals surface area (Å²) in [6.45, 7) is 8.96. The molecule has 2 heteroatoms. The monoisotopic (exact) mass is 205 g/mol. The fourth-order valence-electron chi connectivity index (χ4n) is 1.55. The Bertz CT molecular complexity index is 333. The van der Waals surface area contributed by atoms with Crippen molar-refractivity contribution in [2.24, 2.45) is 0 Å². The van der Waals surface area contributed by atoms with Crippen LogP contribution in [0.4, 0.5) is 0 Å². The van der Waals surface area contributed by atoms with Crippen LogP contribution in [0.3, 0.4) is 0 Å². The average Bonchev–Trinajstić information content (AvgIpc) is 2.22. The van der Waals surface area contributed by atoms with Crippen LogP contribution < -0.4 is 5.32 Å². The largest absolute Gasteiger partial charge is 0.387 e. The van der Waals surface area contributed by atoms with Crippen LogP contribution in [0.15, 0.2) is 30.9 Å². The minimum atomic E-state index is -0.440. The van der Waals surface area contributed by atoms with Gasteiger partial charge in [0.1, 0.15) is 0 Å². The van der Waals surface area contributed by atoms with Gasteiger partial charge in [-0.05, 0) is 25.0 Å². The first-order valence-corrected chi connectivity index (χ1v) is 5.22. The highest BCUT2D eigenvalue weighted by Gasteiger charge is 2.09. The van der Waals surface area contributed by atoms with Gasteiger partial charge in [0.15, 0.2) is 0 Å². The summed E-state index contributed by atoms with van der Waals surface area (Å²) < 4.78 is 0. The van der Waals surface area contributed by atoms with Gasteiger partial charge in [-0.1, -0.05) is 29.8 Å². The van der Waals surface area contributed by atoms with Crippen molar-refractivity contribution in [2.45, 2.75) is 20.0 Å². The Kier molecular flexibility index (Phi) is 4.53. The van der Waals surface area contributed by atoms with E-state index in [2.05, 4.69) is 18.0 Å². The number of aliphatic hydroxyl groups is 1. The highest BCUT2D eigenvalue weighted by molar-refractivity contribution is 5.32. The van der Waals surface area contributed by atoms with Gasteiger partial charge in [-0.3, -0.25) is 0 Å². The number of aliphatic hydroxyl groups excluding tert-OH is 1. The van der Waals surface area contributed by atoms with Crippen molar-refractivity contribution in [1.29, 1.82) is 0 Å². The second kappa shape index (κ2) is 5.69. The Morgan fingerprint density at radius 3 is 2.87 bits per heavy atom. The summed E-state index contributed by atoms with van der Waals surface area (Å²) in [5.41, 5.74) is 3.32. The molecule has 2 nitrogen and oxygen atoms in total. The van der Waals surface area contributed by atoms with Gasteiger partial charge >= 0.3 is 0 Å². The molecule has 0 spiro atoms. The zero-order valence-electron chi connectivity index (χ0n) is 9.46. The van der Waals surface area contributed by atoms with Crippen molar-refractivity contribution in [1.82, 2.24) is 5.32 Å². The minimum absolute atomic E-state index is 0.440. The Hall–Kier alpha value is -1.12. The van der Waals surface area contributed by atoms with Crippen LogP contribution in [0.5, 0.6) is 0 Å². The van der Waals surface area contributed by atoms with E-state index < -0.39 is 6.10 Å². The van der Waals surface area contributed by atoms with Crippen LogP contribution >= 0.6 is 0 Å². The average molecular weight is 205 g/mol. The quantitative estimate of drug-likeness (QED) is 0.570. The van der Waals surface area contributed by atoms with Crippen molar-refractivity contribution < 1.29 is 5.11 Å². The van der Waals surface area contributed by atoms with E-state index >= 15 is 0 Å². The SMILES string of the molecule is C=CCNCC(O)c1cc(C)ccc1C. The van der Waals surface area contributed by atoms with E-state index in [9.17, 15) is 5.11 Å². The molecule has 0 bridgehead atoms. The highest BCUT2D eigenvalue weighted by atomic mass is 16.3. The molecule has 1 unspecified atom stereocenters. The van der Waals surface area contributed by atoms with Crippen molar-refractivity contribution in [3.63, 3.8) is 0 Å². The van der Waals surface area contributed by atoms with Gasteiger partial charge in [-0.2, -0.15) is 0 Å². The lowest BCUT2D eigenvalue weighted by Gasteiger charge is -2.14. The zero-order valence-corrected chi connectivity index (χ0v) is 9.46. The summed E-state index contributed by atoms with van der Waals surface area (Å²) in [5.74, 6) is 0. The maximum Gasteiger partial charge on any atom is 0.0917 e. The van der Waals surface area contributed by atoms with Crippen molar-refractivity contribution in [3.8, 4) is 0 Å². The first-order valence-electron chi connectivity index (χ1n) is 5.22. The Morgan fingerprint density at radius 2 is 2.20 bits per heavy atom. The van der Waals surface area contributed by atoms with E-state index in [4.69, 9.17) is 0 Å². The van der Waals surface area contributed by atoms with Gasteiger partial charge < -0.3 is 10.4 Å². The standard InChI is InChI=1S/C13H19NO/c1-4-7-14-9-13(15)12-8-10(2)5-6-11(12)3/h4-6,8,13-15H,1,7,9H2,2-3H3. The van der Waals surface area contributed by atoms with Gasteiger partial charge in [0.25, 0.3) is 0 Å². The molecule has 1 aromatic rings. The molecule has 0 fully saturated rings. The summed E-state index contributed by atoms with van der Waals surface area (Å²) in [4.78, 5) is 0. The summed E-state index contributed by atoms with van der Waals surface area (Å²) in [7, 11) is 0. The minimum Gasteiger partial charge on any atom is -0.387 e. The summed E-state index contributed by atoms with van der Waals surface area (Å²) in [6.07, 6.45) is 1.35. The van der Waals surface area contributed by atoms with Crippen molar-refractivity contribution in [3.05, 3.63) is 47.5 Å². The molecule has 2 N–H and O–H groups in total. The molecular formula is C13H19NO. The number of benzene rings is 1. The molecule has 1 atom stereocenters. The fraction of sp³-hybridized carbons (Fsp3) is 0.385.